The summed E-state index contributed by atoms with van der Waals surface area (Å²) in [5, 5.41) is 4.07. The van der Waals surface area contributed by atoms with E-state index in [1.54, 1.807) is 7.11 Å². The molecule has 0 fully saturated rings. The van der Waals surface area contributed by atoms with Gasteiger partial charge in [-0.15, -0.1) is 0 Å². The largest absolute Gasteiger partial charge is 0.385 e. The molecule has 4 heteroatoms. The monoisotopic (exact) mass is 218 g/mol. The Kier molecular flexibility index (Phi) is 7.80. The van der Waals surface area contributed by atoms with E-state index < -0.39 is 0 Å². The summed E-state index contributed by atoms with van der Waals surface area (Å²) >= 11 is 5.27. The molecule has 0 aliphatic rings. The van der Waals surface area contributed by atoms with E-state index >= 15 is 0 Å². The summed E-state index contributed by atoms with van der Waals surface area (Å²) in [4.78, 5) is 2.17. The number of thiocarbonyl (C=S) groups is 1. The molecular formula is C10H22N2OS. The summed E-state index contributed by atoms with van der Waals surface area (Å²) in [5.41, 5.74) is 0. The van der Waals surface area contributed by atoms with E-state index in [2.05, 4.69) is 31.0 Å². The van der Waals surface area contributed by atoms with E-state index in [1.807, 2.05) is 0 Å². The lowest BCUT2D eigenvalue weighted by Crippen LogP contribution is -2.43. The van der Waals surface area contributed by atoms with Crippen molar-refractivity contribution in [1.82, 2.24) is 10.2 Å². The third kappa shape index (κ3) is 5.40. The van der Waals surface area contributed by atoms with E-state index in [1.165, 1.54) is 0 Å². The molecule has 0 saturated carbocycles. The lowest BCUT2D eigenvalue weighted by molar-refractivity contribution is 0.195. The van der Waals surface area contributed by atoms with Gasteiger partial charge in [0.25, 0.3) is 0 Å². The van der Waals surface area contributed by atoms with Crippen molar-refractivity contribution >= 4 is 17.3 Å². The molecule has 0 aliphatic carbocycles. The van der Waals surface area contributed by atoms with Crippen molar-refractivity contribution in [3.05, 3.63) is 0 Å². The minimum absolute atomic E-state index is 0.461. The molecule has 3 nitrogen and oxygen atoms in total. The van der Waals surface area contributed by atoms with Crippen LogP contribution in [0, 0.1) is 0 Å². The molecule has 84 valence electrons. The van der Waals surface area contributed by atoms with Crippen LogP contribution in [0.1, 0.15) is 27.2 Å². The summed E-state index contributed by atoms with van der Waals surface area (Å²) in [7, 11) is 1.71. The summed E-state index contributed by atoms with van der Waals surface area (Å²) in [6, 6.07) is 0.461. The maximum absolute atomic E-state index is 5.27. The number of ether oxygens (including phenoxy) is 1. The molecule has 0 atom stereocenters. The van der Waals surface area contributed by atoms with Crippen LogP contribution in [0.5, 0.6) is 0 Å². The lowest BCUT2D eigenvalue weighted by atomic mass is 10.3. The van der Waals surface area contributed by atoms with Crippen LogP contribution in [0.4, 0.5) is 0 Å². The minimum Gasteiger partial charge on any atom is -0.385 e. The fourth-order valence-electron chi connectivity index (χ4n) is 1.26. The zero-order valence-electron chi connectivity index (χ0n) is 9.67. The molecule has 0 amide bonds. The molecule has 0 aromatic rings. The van der Waals surface area contributed by atoms with Gasteiger partial charge in [-0.25, -0.2) is 0 Å². The van der Waals surface area contributed by atoms with Crippen LogP contribution in [-0.4, -0.2) is 42.9 Å². The second-order valence-corrected chi connectivity index (χ2v) is 3.84. The minimum atomic E-state index is 0.461. The average molecular weight is 218 g/mol. The molecule has 14 heavy (non-hydrogen) atoms. The SMILES string of the molecule is CCN(C(=S)NCCCOC)C(C)C. The van der Waals surface area contributed by atoms with Gasteiger partial charge < -0.3 is 15.0 Å². The first kappa shape index (κ1) is 13.7. The summed E-state index contributed by atoms with van der Waals surface area (Å²) in [5.74, 6) is 0. The predicted molar refractivity (Wildman–Crippen MR) is 64.6 cm³/mol. The molecule has 0 heterocycles. The molecule has 0 aliphatic heterocycles. The second-order valence-electron chi connectivity index (χ2n) is 3.46. The quantitative estimate of drug-likeness (QED) is 0.541. The molecule has 0 rings (SSSR count). The summed E-state index contributed by atoms with van der Waals surface area (Å²) < 4.78 is 4.96. The van der Waals surface area contributed by atoms with Crippen LogP contribution < -0.4 is 5.32 Å². The Hall–Kier alpha value is -0.350. The first-order chi connectivity index (χ1) is 6.63. The van der Waals surface area contributed by atoms with Crippen LogP contribution in [0.2, 0.25) is 0 Å². The standard InChI is InChI=1S/C10H22N2OS/c1-5-12(9(2)3)10(14)11-7-6-8-13-4/h9H,5-8H2,1-4H3,(H,11,14). The molecule has 0 spiro atoms. The van der Waals surface area contributed by atoms with Crippen molar-refractivity contribution in [2.24, 2.45) is 0 Å². The molecule has 0 radical (unpaired) electrons. The normalized spacial score (nSPS) is 10.4. The Bertz CT molecular complexity index is 162. The number of rotatable bonds is 6. The molecule has 0 saturated heterocycles. The van der Waals surface area contributed by atoms with E-state index in [0.29, 0.717) is 6.04 Å². The van der Waals surface area contributed by atoms with Gasteiger partial charge in [-0.2, -0.15) is 0 Å². The van der Waals surface area contributed by atoms with E-state index in [0.717, 1.165) is 31.2 Å². The zero-order chi connectivity index (χ0) is 11.0. The van der Waals surface area contributed by atoms with Crippen LogP contribution in [0.15, 0.2) is 0 Å². The highest BCUT2D eigenvalue weighted by Crippen LogP contribution is 1.98. The first-order valence-corrected chi connectivity index (χ1v) is 5.57. The number of nitrogens with zero attached hydrogens (tertiary/aromatic N) is 1. The fraction of sp³-hybridized carbons (Fsp3) is 0.900. The van der Waals surface area contributed by atoms with Crippen molar-refractivity contribution in [2.75, 3.05) is 26.8 Å². The predicted octanol–water partition coefficient (Wildman–Crippen LogP) is 1.63. The Labute approximate surface area is 92.8 Å². The Morgan fingerprint density at radius 2 is 2.14 bits per heavy atom. The topological polar surface area (TPSA) is 24.5 Å². The third-order valence-electron chi connectivity index (χ3n) is 2.03. The van der Waals surface area contributed by atoms with Crippen LogP contribution in [0.3, 0.4) is 0 Å². The molecule has 0 unspecified atom stereocenters. The zero-order valence-corrected chi connectivity index (χ0v) is 10.5. The maximum atomic E-state index is 5.27. The van der Waals surface area contributed by atoms with E-state index in [-0.39, 0.29) is 0 Å². The number of methoxy groups -OCH3 is 1. The maximum Gasteiger partial charge on any atom is 0.169 e. The van der Waals surface area contributed by atoms with Gasteiger partial charge in [0.1, 0.15) is 0 Å². The van der Waals surface area contributed by atoms with Gasteiger partial charge in [-0.1, -0.05) is 0 Å². The Morgan fingerprint density at radius 1 is 1.50 bits per heavy atom. The second kappa shape index (κ2) is 8.00. The third-order valence-corrected chi connectivity index (χ3v) is 2.41. The fourth-order valence-corrected chi connectivity index (χ4v) is 1.70. The molecule has 0 aromatic heterocycles. The number of nitrogens with one attached hydrogen (secondary N) is 1. The molecule has 1 N–H and O–H groups in total. The van der Waals surface area contributed by atoms with E-state index in [4.69, 9.17) is 17.0 Å². The van der Waals surface area contributed by atoms with Crippen LogP contribution in [-0.2, 0) is 4.74 Å². The van der Waals surface area contributed by atoms with Crippen LogP contribution in [0.25, 0.3) is 0 Å². The van der Waals surface area contributed by atoms with Crippen molar-refractivity contribution in [3.63, 3.8) is 0 Å². The van der Waals surface area contributed by atoms with Gasteiger partial charge in [0.15, 0.2) is 5.11 Å². The highest BCUT2D eigenvalue weighted by molar-refractivity contribution is 7.80. The molecular weight excluding hydrogens is 196 g/mol. The van der Waals surface area contributed by atoms with Gasteiger partial charge in [0.05, 0.1) is 0 Å². The molecule has 0 bridgehead atoms. The Morgan fingerprint density at radius 3 is 2.57 bits per heavy atom. The smallest absolute Gasteiger partial charge is 0.169 e. The van der Waals surface area contributed by atoms with Gasteiger partial charge in [0.2, 0.25) is 0 Å². The van der Waals surface area contributed by atoms with Crippen molar-refractivity contribution in [3.8, 4) is 0 Å². The van der Waals surface area contributed by atoms with Gasteiger partial charge in [0, 0.05) is 32.8 Å². The first-order valence-electron chi connectivity index (χ1n) is 5.16. The van der Waals surface area contributed by atoms with Crippen LogP contribution >= 0.6 is 12.2 Å². The van der Waals surface area contributed by atoms with Crippen molar-refractivity contribution < 1.29 is 4.74 Å². The summed E-state index contributed by atoms with van der Waals surface area (Å²) in [6.45, 7) is 9.02. The van der Waals surface area contributed by atoms with Gasteiger partial charge >= 0.3 is 0 Å². The summed E-state index contributed by atoms with van der Waals surface area (Å²) in [6.07, 6.45) is 0.992. The molecule has 0 aromatic carbocycles. The van der Waals surface area contributed by atoms with Gasteiger partial charge in [-0.05, 0) is 39.4 Å². The average Bonchev–Trinajstić information content (AvgIpc) is 2.13. The van der Waals surface area contributed by atoms with Crippen molar-refractivity contribution in [1.29, 1.82) is 0 Å². The van der Waals surface area contributed by atoms with E-state index in [9.17, 15) is 0 Å². The highest BCUT2D eigenvalue weighted by atomic mass is 32.1. The van der Waals surface area contributed by atoms with Crippen molar-refractivity contribution in [2.45, 2.75) is 33.2 Å². The highest BCUT2D eigenvalue weighted by Gasteiger charge is 2.09. The lowest BCUT2D eigenvalue weighted by Gasteiger charge is -2.28. The number of hydrogen-bond acceptors (Lipinski definition) is 2. The Balaban J connectivity index is 3.70. The number of hydrogen-bond donors (Lipinski definition) is 1. The van der Waals surface area contributed by atoms with Gasteiger partial charge in [-0.3, -0.25) is 0 Å².